The maximum Gasteiger partial charge on any atom is 0.130 e. The summed E-state index contributed by atoms with van der Waals surface area (Å²) in [5.74, 6) is 0.960. The number of anilines is 1. The number of rotatable bonds is 2. The van der Waals surface area contributed by atoms with Crippen molar-refractivity contribution in [3.63, 3.8) is 0 Å². The molecule has 3 nitrogen and oxygen atoms in total. The summed E-state index contributed by atoms with van der Waals surface area (Å²) in [5.41, 5.74) is 10.2. The van der Waals surface area contributed by atoms with E-state index in [1.54, 1.807) is 11.3 Å². The van der Waals surface area contributed by atoms with Gasteiger partial charge in [-0.15, -0.1) is 11.3 Å². The molecule has 18 heavy (non-hydrogen) atoms. The van der Waals surface area contributed by atoms with Gasteiger partial charge in [-0.3, -0.25) is 0 Å². The van der Waals surface area contributed by atoms with Crippen LogP contribution in [0.5, 0.6) is 5.75 Å². The van der Waals surface area contributed by atoms with Crippen molar-refractivity contribution in [2.45, 2.75) is 13.3 Å². The quantitative estimate of drug-likeness (QED) is 0.812. The predicted octanol–water partition coefficient (Wildman–Crippen LogP) is 3.24. The number of nitrogen functional groups attached to an aromatic ring is 1. The minimum absolute atomic E-state index is 0.691. The maximum atomic E-state index is 7.38. The Kier molecular flexibility index (Phi) is 2.59. The highest BCUT2D eigenvalue weighted by molar-refractivity contribution is 7.14. The van der Waals surface area contributed by atoms with Crippen LogP contribution in [0, 0.1) is 12.3 Å². The third-order valence-electron chi connectivity index (χ3n) is 3.26. The Labute approximate surface area is 110 Å². The summed E-state index contributed by atoms with van der Waals surface area (Å²) in [5, 5.41) is 7.38. The number of hydrogen-bond donors (Lipinski definition) is 2. The van der Waals surface area contributed by atoms with E-state index >= 15 is 0 Å². The van der Waals surface area contributed by atoms with Crippen LogP contribution in [-0.2, 0) is 6.42 Å². The molecule has 0 bridgehead atoms. The summed E-state index contributed by atoms with van der Waals surface area (Å²) >= 11 is 1.56. The molecule has 2 heterocycles. The van der Waals surface area contributed by atoms with Gasteiger partial charge in [-0.25, -0.2) is 0 Å². The fourth-order valence-electron chi connectivity index (χ4n) is 2.44. The molecule has 1 aliphatic rings. The number of thiophene rings is 1. The first-order valence-electron chi connectivity index (χ1n) is 5.86. The lowest BCUT2D eigenvalue weighted by Gasteiger charge is -2.09. The highest BCUT2D eigenvalue weighted by atomic mass is 32.1. The predicted molar refractivity (Wildman–Crippen MR) is 76.0 cm³/mol. The smallest absolute Gasteiger partial charge is 0.130 e. The zero-order valence-corrected chi connectivity index (χ0v) is 10.9. The zero-order chi connectivity index (χ0) is 12.7. The summed E-state index contributed by atoms with van der Waals surface area (Å²) < 4.78 is 5.73. The van der Waals surface area contributed by atoms with Crippen LogP contribution in [0.2, 0.25) is 0 Å². The standard InChI is InChI=1S/C14H14N2OS/c1-8-12(13(16)11(7-15)18-8)10-4-2-3-9-5-6-17-14(9)10/h2-4,7,15H,5-6,16H2,1H3. The summed E-state index contributed by atoms with van der Waals surface area (Å²) in [6, 6.07) is 6.19. The van der Waals surface area contributed by atoms with Crippen LogP contribution in [0.1, 0.15) is 15.3 Å². The minimum Gasteiger partial charge on any atom is -0.492 e. The summed E-state index contributed by atoms with van der Waals surface area (Å²) in [4.78, 5) is 1.95. The van der Waals surface area contributed by atoms with Gasteiger partial charge in [0.2, 0.25) is 0 Å². The van der Waals surface area contributed by atoms with E-state index in [9.17, 15) is 0 Å². The van der Waals surface area contributed by atoms with Gasteiger partial charge < -0.3 is 15.9 Å². The van der Waals surface area contributed by atoms with Gasteiger partial charge in [0.1, 0.15) is 5.75 Å². The second-order valence-corrected chi connectivity index (χ2v) is 5.60. The van der Waals surface area contributed by atoms with E-state index in [-0.39, 0.29) is 0 Å². The topological polar surface area (TPSA) is 59.1 Å². The van der Waals surface area contributed by atoms with E-state index < -0.39 is 0 Å². The number of nitrogens with two attached hydrogens (primary N) is 1. The monoisotopic (exact) mass is 258 g/mol. The van der Waals surface area contributed by atoms with Gasteiger partial charge in [0.25, 0.3) is 0 Å². The Bertz CT molecular complexity index is 631. The van der Waals surface area contributed by atoms with Crippen LogP contribution in [0.4, 0.5) is 5.69 Å². The number of hydrogen-bond acceptors (Lipinski definition) is 4. The molecule has 1 aromatic heterocycles. The molecule has 0 unspecified atom stereocenters. The lowest BCUT2D eigenvalue weighted by molar-refractivity contribution is 0.358. The van der Waals surface area contributed by atoms with Crippen molar-refractivity contribution >= 4 is 23.2 Å². The summed E-state index contributed by atoms with van der Waals surface area (Å²) in [6.45, 7) is 2.78. The van der Waals surface area contributed by atoms with Gasteiger partial charge in [0, 0.05) is 28.6 Å². The van der Waals surface area contributed by atoms with E-state index in [0.717, 1.165) is 39.7 Å². The van der Waals surface area contributed by atoms with Crippen LogP contribution < -0.4 is 10.5 Å². The molecular weight excluding hydrogens is 244 g/mol. The molecule has 0 atom stereocenters. The van der Waals surface area contributed by atoms with Crippen molar-refractivity contribution < 1.29 is 4.74 Å². The number of benzene rings is 1. The molecule has 1 aliphatic heterocycles. The van der Waals surface area contributed by atoms with Crippen LogP contribution in [0.25, 0.3) is 11.1 Å². The Morgan fingerprint density at radius 3 is 3.00 bits per heavy atom. The molecule has 0 saturated carbocycles. The van der Waals surface area contributed by atoms with E-state index in [1.165, 1.54) is 11.8 Å². The van der Waals surface area contributed by atoms with Crippen LogP contribution in [-0.4, -0.2) is 12.8 Å². The molecular formula is C14H14N2OS. The van der Waals surface area contributed by atoms with Gasteiger partial charge in [-0.2, -0.15) is 0 Å². The molecule has 0 aliphatic carbocycles. The number of nitrogens with one attached hydrogen (secondary N) is 1. The highest BCUT2D eigenvalue weighted by Crippen LogP contribution is 2.44. The highest BCUT2D eigenvalue weighted by Gasteiger charge is 2.21. The molecule has 2 aromatic rings. The van der Waals surface area contributed by atoms with Crippen LogP contribution >= 0.6 is 11.3 Å². The molecule has 0 saturated heterocycles. The zero-order valence-electron chi connectivity index (χ0n) is 10.1. The van der Waals surface area contributed by atoms with Crippen LogP contribution in [0.3, 0.4) is 0 Å². The third kappa shape index (κ3) is 1.53. The molecule has 1 aromatic carbocycles. The molecule has 0 fully saturated rings. The van der Waals surface area contributed by atoms with Crippen molar-refractivity contribution in [1.29, 1.82) is 5.41 Å². The largest absolute Gasteiger partial charge is 0.492 e. The lowest BCUT2D eigenvalue weighted by atomic mass is 10.0. The Hall–Kier alpha value is -1.81. The second-order valence-electron chi connectivity index (χ2n) is 4.35. The third-order valence-corrected chi connectivity index (χ3v) is 4.33. The average molecular weight is 258 g/mol. The molecule has 4 heteroatoms. The number of para-hydroxylation sites is 1. The molecule has 0 amide bonds. The normalized spacial score (nSPS) is 13.2. The first kappa shape index (κ1) is 11.3. The minimum atomic E-state index is 0.691. The van der Waals surface area contributed by atoms with Crippen molar-refractivity contribution in [3.05, 3.63) is 33.5 Å². The van der Waals surface area contributed by atoms with Gasteiger partial charge in [-0.05, 0) is 12.5 Å². The average Bonchev–Trinajstić information content (AvgIpc) is 2.94. The van der Waals surface area contributed by atoms with Crippen molar-refractivity contribution in [3.8, 4) is 16.9 Å². The van der Waals surface area contributed by atoms with Gasteiger partial charge >= 0.3 is 0 Å². The molecule has 0 spiro atoms. The first-order chi connectivity index (χ1) is 8.72. The summed E-state index contributed by atoms with van der Waals surface area (Å²) in [6.07, 6.45) is 2.28. The second kappa shape index (κ2) is 4.14. The van der Waals surface area contributed by atoms with Gasteiger partial charge in [0.05, 0.1) is 17.2 Å². The van der Waals surface area contributed by atoms with E-state index in [2.05, 4.69) is 6.07 Å². The molecule has 3 rings (SSSR count). The van der Waals surface area contributed by atoms with E-state index in [4.69, 9.17) is 15.9 Å². The van der Waals surface area contributed by atoms with Crippen molar-refractivity contribution in [1.82, 2.24) is 0 Å². The lowest BCUT2D eigenvalue weighted by Crippen LogP contribution is -1.93. The number of aryl methyl sites for hydroxylation is 1. The maximum absolute atomic E-state index is 7.38. The Morgan fingerprint density at radius 2 is 2.28 bits per heavy atom. The summed E-state index contributed by atoms with van der Waals surface area (Å²) in [7, 11) is 0. The Balaban J connectivity index is 2.25. The van der Waals surface area contributed by atoms with E-state index in [0.29, 0.717) is 5.69 Å². The Morgan fingerprint density at radius 1 is 1.44 bits per heavy atom. The van der Waals surface area contributed by atoms with Crippen LogP contribution in [0.15, 0.2) is 18.2 Å². The fraction of sp³-hybridized carbons (Fsp3) is 0.214. The van der Waals surface area contributed by atoms with Gasteiger partial charge in [0.15, 0.2) is 0 Å². The fourth-order valence-corrected chi connectivity index (χ4v) is 3.36. The van der Waals surface area contributed by atoms with E-state index in [1.807, 2.05) is 19.1 Å². The number of ether oxygens (including phenoxy) is 1. The molecule has 92 valence electrons. The molecule has 3 N–H and O–H groups in total. The van der Waals surface area contributed by atoms with Gasteiger partial charge in [-0.1, -0.05) is 18.2 Å². The molecule has 0 radical (unpaired) electrons. The van der Waals surface area contributed by atoms with Crippen molar-refractivity contribution in [2.24, 2.45) is 0 Å². The van der Waals surface area contributed by atoms with Crippen molar-refractivity contribution in [2.75, 3.05) is 12.3 Å². The SMILES string of the molecule is Cc1sc(C=N)c(N)c1-c1cccc2c1OCC2. The number of fused-ring (bicyclic) bond motifs is 1. The first-order valence-corrected chi connectivity index (χ1v) is 6.68.